The van der Waals surface area contributed by atoms with Crippen molar-refractivity contribution in [2.45, 2.75) is 45.1 Å². The molecule has 0 spiro atoms. The van der Waals surface area contributed by atoms with Gasteiger partial charge in [0.15, 0.2) is 0 Å². The van der Waals surface area contributed by atoms with Crippen molar-refractivity contribution in [2.75, 3.05) is 6.61 Å². The largest absolute Gasteiger partial charge is 0.493 e. The van der Waals surface area contributed by atoms with E-state index in [9.17, 15) is 5.11 Å². The number of fused-ring (bicyclic) bond motifs is 1. The maximum atomic E-state index is 11.1. The van der Waals surface area contributed by atoms with Crippen molar-refractivity contribution < 1.29 is 9.84 Å². The fourth-order valence-corrected chi connectivity index (χ4v) is 3.50. The van der Waals surface area contributed by atoms with Crippen molar-refractivity contribution in [3.05, 3.63) is 29.3 Å². The maximum Gasteiger partial charge on any atom is 0.122 e. The highest BCUT2D eigenvalue weighted by atomic mass is 16.5. The highest BCUT2D eigenvalue weighted by Gasteiger charge is 2.41. The molecule has 1 heterocycles. The van der Waals surface area contributed by atoms with Gasteiger partial charge in [0.05, 0.1) is 12.2 Å². The first kappa shape index (κ1) is 12.0. The van der Waals surface area contributed by atoms with Crippen molar-refractivity contribution in [2.24, 2.45) is 11.8 Å². The molecule has 3 unspecified atom stereocenters. The molecule has 1 aromatic carbocycles. The van der Waals surface area contributed by atoms with Gasteiger partial charge in [0.1, 0.15) is 5.75 Å². The van der Waals surface area contributed by atoms with Crippen LogP contribution in [0.3, 0.4) is 0 Å². The average molecular weight is 246 g/mol. The zero-order chi connectivity index (χ0) is 12.8. The highest BCUT2D eigenvalue weighted by Crippen LogP contribution is 2.45. The molecule has 0 aromatic heterocycles. The number of aliphatic hydroxyl groups is 1. The van der Waals surface area contributed by atoms with Crippen LogP contribution in [0.15, 0.2) is 18.2 Å². The minimum Gasteiger partial charge on any atom is -0.493 e. The van der Waals surface area contributed by atoms with Crippen LogP contribution in [0.25, 0.3) is 0 Å². The molecule has 0 bridgehead atoms. The second-order valence-corrected chi connectivity index (χ2v) is 6.00. The first-order valence-corrected chi connectivity index (χ1v) is 7.10. The van der Waals surface area contributed by atoms with Crippen LogP contribution in [-0.4, -0.2) is 11.7 Å². The van der Waals surface area contributed by atoms with E-state index < -0.39 is 5.60 Å². The summed E-state index contributed by atoms with van der Waals surface area (Å²) in [5, 5.41) is 11.1. The molecule has 1 aliphatic carbocycles. The average Bonchev–Trinajstić information content (AvgIpc) is 2.83. The van der Waals surface area contributed by atoms with Crippen LogP contribution < -0.4 is 4.74 Å². The summed E-state index contributed by atoms with van der Waals surface area (Å²) in [6, 6.07) is 6.25. The monoisotopic (exact) mass is 246 g/mol. The van der Waals surface area contributed by atoms with Crippen LogP contribution in [0.5, 0.6) is 5.75 Å². The molecule has 2 nitrogen and oxygen atoms in total. The topological polar surface area (TPSA) is 29.5 Å². The number of hydrogen-bond acceptors (Lipinski definition) is 2. The molecular formula is C16H22O2. The lowest BCUT2D eigenvalue weighted by Gasteiger charge is -2.42. The molecule has 98 valence electrons. The van der Waals surface area contributed by atoms with Crippen LogP contribution in [0.2, 0.25) is 0 Å². The molecule has 1 aliphatic heterocycles. The maximum absolute atomic E-state index is 11.1. The third-order valence-corrected chi connectivity index (χ3v) is 5.01. The van der Waals surface area contributed by atoms with Gasteiger partial charge in [-0.1, -0.05) is 26.3 Å². The summed E-state index contributed by atoms with van der Waals surface area (Å²) >= 11 is 0. The van der Waals surface area contributed by atoms with E-state index in [0.29, 0.717) is 11.8 Å². The molecule has 0 amide bonds. The lowest BCUT2D eigenvalue weighted by atomic mass is 9.67. The Morgan fingerprint density at radius 1 is 1.33 bits per heavy atom. The van der Waals surface area contributed by atoms with Crippen molar-refractivity contribution in [3.8, 4) is 5.75 Å². The Balaban J connectivity index is 1.97. The Bertz CT molecular complexity index is 454. The Kier molecular flexibility index (Phi) is 2.86. The smallest absolute Gasteiger partial charge is 0.122 e. The molecule has 3 atom stereocenters. The molecule has 1 aromatic rings. The van der Waals surface area contributed by atoms with E-state index >= 15 is 0 Å². The zero-order valence-electron chi connectivity index (χ0n) is 11.3. The van der Waals surface area contributed by atoms with Gasteiger partial charge in [-0.3, -0.25) is 0 Å². The van der Waals surface area contributed by atoms with E-state index in [1.54, 1.807) is 0 Å². The second kappa shape index (κ2) is 4.27. The van der Waals surface area contributed by atoms with E-state index in [2.05, 4.69) is 26.0 Å². The van der Waals surface area contributed by atoms with Crippen LogP contribution in [-0.2, 0) is 12.0 Å². The lowest BCUT2D eigenvalue weighted by molar-refractivity contribution is -0.0688. The molecule has 1 N–H and O–H groups in total. The van der Waals surface area contributed by atoms with Gasteiger partial charge in [-0.15, -0.1) is 0 Å². The number of hydrogen-bond donors (Lipinski definition) is 1. The Labute approximate surface area is 109 Å². The zero-order valence-corrected chi connectivity index (χ0v) is 11.3. The number of ether oxygens (including phenoxy) is 1. The third-order valence-electron chi connectivity index (χ3n) is 5.01. The summed E-state index contributed by atoms with van der Waals surface area (Å²) in [7, 11) is 0. The highest BCUT2D eigenvalue weighted by molar-refractivity contribution is 5.42. The van der Waals surface area contributed by atoms with E-state index in [4.69, 9.17) is 4.74 Å². The van der Waals surface area contributed by atoms with E-state index in [1.807, 2.05) is 6.07 Å². The minimum absolute atomic E-state index is 0.326. The molecule has 1 saturated carbocycles. The van der Waals surface area contributed by atoms with E-state index in [0.717, 1.165) is 37.2 Å². The molecule has 0 radical (unpaired) electrons. The van der Waals surface area contributed by atoms with Gasteiger partial charge in [0.2, 0.25) is 0 Å². The third kappa shape index (κ3) is 1.74. The summed E-state index contributed by atoms with van der Waals surface area (Å²) in [4.78, 5) is 0. The van der Waals surface area contributed by atoms with Gasteiger partial charge < -0.3 is 9.84 Å². The first-order chi connectivity index (χ1) is 8.61. The van der Waals surface area contributed by atoms with Crippen molar-refractivity contribution in [1.29, 1.82) is 0 Å². The molecule has 3 rings (SSSR count). The van der Waals surface area contributed by atoms with Crippen LogP contribution in [0.1, 0.15) is 44.2 Å². The van der Waals surface area contributed by atoms with Crippen molar-refractivity contribution in [1.82, 2.24) is 0 Å². The van der Waals surface area contributed by atoms with Gasteiger partial charge in [-0.25, -0.2) is 0 Å². The Morgan fingerprint density at radius 2 is 2.17 bits per heavy atom. The predicted molar refractivity (Wildman–Crippen MR) is 71.7 cm³/mol. The van der Waals surface area contributed by atoms with Crippen LogP contribution in [0, 0.1) is 11.8 Å². The molecule has 2 heteroatoms. The fourth-order valence-electron chi connectivity index (χ4n) is 3.50. The van der Waals surface area contributed by atoms with Crippen LogP contribution >= 0.6 is 0 Å². The van der Waals surface area contributed by atoms with Crippen molar-refractivity contribution >= 4 is 0 Å². The summed E-state index contributed by atoms with van der Waals surface area (Å²) in [5.74, 6) is 1.92. The summed E-state index contributed by atoms with van der Waals surface area (Å²) in [6.45, 7) is 5.22. The van der Waals surface area contributed by atoms with Gasteiger partial charge >= 0.3 is 0 Å². The van der Waals surface area contributed by atoms with Gasteiger partial charge in [-0.05, 0) is 47.9 Å². The predicted octanol–water partition coefficient (Wildman–Crippen LogP) is 3.27. The molecule has 0 saturated heterocycles. The fraction of sp³-hybridized carbons (Fsp3) is 0.625. The molecule has 18 heavy (non-hydrogen) atoms. The summed E-state index contributed by atoms with van der Waals surface area (Å²) in [5.41, 5.74) is 1.70. The first-order valence-electron chi connectivity index (χ1n) is 7.10. The van der Waals surface area contributed by atoms with Gasteiger partial charge in [0.25, 0.3) is 0 Å². The molecule has 2 aliphatic rings. The SMILES string of the molecule is CC1CCCC(O)(c2ccc3c(c2)CCO3)C1C. The van der Waals surface area contributed by atoms with E-state index in [-0.39, 0.29) is 0 Å². The van der Waals surface area contributed by atoms with Gasteiger partial charge in [0, 0.05) is 6.42 Å². The summed E-state index contributed by atoms with van der Waals surface area (Å²) < 4.78 is 5.54. The Morgan fingerprint density at radius 3 is 3.00 bits per heavy atom. The van der Waals surface area contributed by atoms with E-state index in [1.165, 1.54) is 12.0 Å². The second-order valence-electron chi connectivity index (χ2n) is 6.00. The molecule has 1 fully saturated rings. The Hall–Kier alpha value is -1.02. The minimum atomic E-state index is -0.644. The van der Waals surface area contributed by atoms with Crippen LogP contribution in [0.4, 0.5) is 0 Å². The standard InChI is InChI=1S/C16H22O2/c1-11-4-3-8-16(17,12(11)2)14-5-6-15-13(10-14)7-9-18-15/h5-6,10-12,17H,3-4,7-9H2,1-2H3. The van der Waals surface area contributed by atoms with Crippen molar-refractivity contribution in [3.63, 3.8) is 0 Å². The van der Waals surface area contributed by atoms with Gasteiger partial charge in [-0.2, -0.15) is 0 Å². The quantitative estimate of drug-likeness (QED) is 0.824. The summed E-state index contributed by atoms with van der Waals surface area (Å²) in [6.07, 6.45) is 4.22. The lowest BCUT2D eigenvalue weighted by Crippen LogP contribution is -2.40. The number of rotatable bonds is 1. The number of benzene rings is 1. The normalized spacial score (nSPS) is 35.1. The molecular weight excluding hydrogens is 224 g/mol.